The molecule has 1 heteroatoms. The highest BCUT2D eigenvalue weighted by Crippen LogP contribution is 2.49. The van der Waals surface area contributed by atoms with Crippen molar-refractivity contribution in [1.29, 1.82) is 0 Å². The average molecular weight is 300 g/mol. The summed E-state index contributed by atoms with van der Waals surface area (Å²) < 4.78 is 0. The molecule has 0 fully saturated rings. The molecule has 0 amide bonds. The number of aromatic hydroxyl groups is 1. The third-order valence-corrected chi connectivity index (χ3v) is 5.13. The highest BCUT2D eigenvalue weighted by Gasteiger charge is 2.36. The van der Waals surface area contributed by atoms with Crippen LogP contribution >= 0.6 is 0 Å². The molecule has 0 saturated carbocycles. The van der Waals surface area contributed by atoms with Gasteiger partial charge in [-0.05, 0) is 28.0 Å². The van der Waals surface area contributed by atoms with Crippen molar-refractivity contribution >= 4 is 16.8 Å². The molecule has 0 aliphatic heterocycles. The van der Waals surface area contributed by atoms with Crippen molar-refractivity contribution in [3.63, 3.8) is 0 Å². The van der Waals surface area contributed by atoms with Crippen LogP contribution in [0.1, 0.15) is 36.5 Å². The predicted molar refractivity (Wildman–Crippen MR) is 96.9 cm³/mol. The van der Waals surface area contributed by atoms with Gasteiger partial charge in [0.1, 0.15) is 5.75 Å². The molecule has 1 atom stereocenters. The SMILES string of the molecule is CC(C)(c1c(O)ccc2ccccc12)C1C=Cc2ccccc21. The van der Waals surface area contributed by atoms with Gasteiger partial charge in [0.25, 0.3) is 0 Å². The normalized spacial score (nSPS) is 16.7. The van der Waals surface area contributed by atoms with Crippen LogP contribution in [0, 0.1) is 0 Å². The highest BCUT2D eigenvalue weighted by atomic mass is 16.3. The van der Waals surface area contributed by atoms with E-state index in [-0.39, 0.29) is 11.3 Å². The maximum atomic E-state index is 10.6. The molecular weight excluding hydrogens is 280 g/mol. The molecule has 1 nitrogen and oxygen atoms in total. The molecule has 3 aromatic rings. The lowest BCUT2D eigenvalue weighted by molar-refractivity contribution is 0.420. The quantitative estimate of drug-likeness (QED) is 0.650. The Morgan fingerprint density at radius 1 is 0.870 bits per heavy atom. The second-order valence-corrected chi connectivity index (χ2v) is 6.87. The van der Waals surface area contributed by atoms with Gasteiger partial charge in [-0.25, -0.2) is 0 Å². The Balaban J connectivity index is 1.94. The molecule has 0 radical (unpaired) electrons. The first-order valence-electron chi connectivity index (χ1n) is 8.07. The average Bonchev–Trinajstić information content (AvgIpc) is 2.99. The molecule has 0 bridgehead atoms. The minimum absolute atomic E-state index is 0.200. The van der Waals surface area contributed by atoms with E-state index in [2.05, 4.69) is 62.4 Å². The molecule has 4 rings (SSSR count). The van der Waals surface area contributed by atoms with Gasteiger partial charge in [0.05, 0.1) is 0 Å². The number of phenols is 1. The zero-order chi connectivity index (χ0) is 16.0. The fourth-order valence-electron chi connectivity index (χ4n) is 3.97. The summed E-state index contributed by atoms with van der Waals surface area (Å²) in [6.07, 6.45) is 4.47. The lowest BCUT2D eigenvalue weighted by atomic mass is 9.69. The fraction of sp³-hybridized carbons (Fsp3) is 0.182. The molecular formula is C22H20O. The summed E-state index contributed by atoms with van der Waals surface area (Å²) in [5.74, 6) is 0.641. The predicted octanol–water partition coefficient (Wildman–Crippen LogP) is 5.63. The van der Waals surface area contributed by atoms with E-state index in [0.717, 1.165) is 10.9 Å². The third-order valence-electron chi connectivity index (χ3n) is 5.13. The maximum absolute atomic E-state index is 10.6. The summed E-state index contributed by atoms with van der Waals surface area (Å²) in [5.41, 5.74) is 3.45. The summed E-state index contributed by atoms with van der Waals surface area (Å²) in [4.78, 5) is 0. The molecule has 0 aromatic heterocycles. The summed E-state index contributed by atoms with van der Waals surface area (Å²) in [7, 11) is 0. The summed E-state index contributed by atoms with van der Waals surface area (Å²) in [5, 5.41) is 12.9. The van der Waals surface area contributed by atoms with Crippen LogP contribution in [0.5, 0.6) is 5.75 Å². The van der Waals surface area contributed by atoms with Gasteiger partial charge in [0, 0.05) is 16.9 Å². The fourth-order valence-corrected chi connectivity index (χ4v) is 3.97. The van der Waals surface area contributed by atoms with Crippen molar-refractivity contribution in [1.82, 2.24) is 0 Å². The largest absolute Gasteiger partial charge is 0.508 e. The lowest BCUT2D eigenvalue weighted by Crippen LogP contribution is -2.25. The highest BCUT2D eigenvalue weighted by molar-refractivity contribution is 5.89. The van der Waals surface area contributed by atoms with Crippen molar-refractivity contribution in [2.75, 3.05) is 0 Å². The van der Waals surface area contributed by atoms with Gasteiger partial charge in [0.15, 0.2) is 0 Å². The van der Waals surface area contributed by atoms with Crippen LogP contribution in [0.25, 0.3) is 16.8 Å². The smallest absolute Gasteiger partial charge is 0.119 e. The molecule has 0 spiro atoms. The first kappa shape index (κ1) is 14.1. The Labute approximate surface area is 136 Å². The van der Waals surface area contributed by atoms with Gasteiger partial charge in [-0.15, -0.1) is 0 Å². The standard InChI is InChI=1S/C22H20O/c1-22(2,19-13-11-15-7-3-5-9-17(15)19)21-18-10-6-4-8-16(18)12-14-20(21)23/h3-14,19,23H,1-2H3. The first-order valence-corrected chi connectivity index (χ1v) is 8.07. The third kappa shape index (κ3) is 2.08. The van der Waals surface area contributed by atoms with Gasteiger partial charge in [-0.2, -0.15) is 0 Å². The molecule has 1 unspecified atom stereocenters. The molecule has 114 valence electrons. The number of allylic oxidation sites excluding steroid dienone is 1. The Morgan fingerprint density at radius 3 is 2.48 bits per heavy atom. The topological polar surface area (TPSA) is 20.2 Å². The van der Waals surface area contributed by atoms with Gasteiger partial charge >= 0.3 is 0 Å². The van der Waals surface area contributed by atoms with Gasteiger partial charge in [0.2, 0.25) is 0 Å². The summed E-state index contributed by atoms with van der Waals surface area (Å²) in [6, 6.07) is 20.6. The van der Waals surface area contributed by atoms with E-state index >= 15 is 0 Å². The maximum Gasteiger partial charge on any atom is 0.119 e. The Bertz CT molecular complexity index is 918. The van der Waals surface area contributed by atoms with Crippen LogP contribution in [0.3, 0.4) is 0 Å². The van der Waals surface area contributed by atoms with Crippen LogP contribution in [0.2, 0.25) is 0 Å². The monoisotopic (exact) mass is 300 g/mol. The number of hydrogen-bond donors (Lipinski definition) is 1. The minimum Gasteiger partial charge on any atom is -0.508 e. The molecule has 1 aliphatic rings. The molecule has 23 heavy (non-hydrogen) atoms. The van der Waals surface area contributed by atoms with E-state index in [1.165, 1.54) is 16.5 Å². The number of benzene rings is 3. The van der Waals surface area contributed by atoms with Gasteiger partial charge in [-0.3, -0.25) is 0 Å². The number of fused-ring (bicyclic) bond motifs is 2. The number of phenolic OH excluding ortho intramolecular Hbond substituents is 1. The Hall–Kier alpha value is -2.54. The zero-order valence-electron chi connectivity index (χ0n) is 13.5. The Kier molecular flexibility index (Phi) is 3.05. The van der Waals surface area contributed by atoms with Crippen molar-refractivity contribution in [2.24, 2.45) is 0 Å². The van der Waals surface area contributed by atoms with Gasteiger partial charge < -0.3 is 5.11 Å². The molecule has 1 aliphatic carbocycles. The van der Waals surface area contributed by atoms with Crippen LogP contribution in [0.15, 0.2) is 66.7 Å². The number of rotatable bonds is 2. The van der Waals surface area contributed by atoms with Gasteiger partial charge in [-0.1, -0.05) is 80.6 Å². The van der Waals surface area contributed by atoms with Crippen LogP contribution in [-0.4, -0.2) is 5.11 Å². The summed E-state index contributed by atoms with van der Waals surface area (Å²) in [6.45, 7) is 4.46. The molecule has 0 heterocycles. The lowest BCUT2D eigenvalue weighted by Gasteiger charge is -2.34. The summed E-state index contributed by atoms with van der Waals surface area (Å²) >= 11 is 0. The second kappa shape index (κ2) is 4.99. The number of hydrogen-bond acceptors (Lipinski definition) is 1. The van der Waals surface area contributed by atoms with E-state index in [1.54, 1.807) is 0 Å². The first-order chi connectivity index (χ1) is 11.1. The van der Waals surface area contributed by atoms with Crippen molar-refractivity contribution in [3.8, 4) is 5.75 Å². The van der Waals surface area contributed by atoms with E-state index in [1.807, 2.05) is 24.3 Å². The van der Waals surface area contributed by atoms with E-state index < -0.39 is 0 Å². The second-order valence-electron chi connectivity index (χ2n) is 6.87. The van der Waals surface area contributed by atoms with Crippen LogP contribution in [-0.2, 0) is 5.41 Å². The van der Waals surface area contributed by atoms with E-state index in [9.17, 15) is 5.11 Å². The van der Waals surface area contributed by atoms with Crippen molar-refractivity contribution in [3.05, 3.63) is 83.4 Å². The molecule has 3 aromatic carbocycles. The molecule has 0 saturated heterocycles. The van der Waals surface area contributed by atoms with Crippen LogP contribution in [0.4, 0.5) is 0 Å². The van der Waals surface area contributed by atoms with Crippen molar-refractivity contribution < 1.29 is 5.11 Å². The minimum atomic E-state index is -0.200. The van der Waals surface area contributed by atoms with E-state index in [4.69, 9.17) is 0 Å². The van der Waals surface area contributed by atoms with Crippen LogP contribution < -0.4 is 0 Å². The zero-order valence-corrected chi connectivity index (χ0v) is 13.5. The van der Waals surface area contributed by atoms with Crippen molar-refractivity contribution in [2.45, 2.75) is 25.2 Å². The molecule has 1 N–H and O–H groups in total. The Morgan fingerprint density at radius 2 is 1.61 bits per heavy atom. The van der Waals surface area contributed by atoms with E-state index in [0.29, 0.717) is 5.75 Å².